The summed E-state index contributed by atoms with van der Waals surface area (Å²) in [7, 11) is 0. The number of aromatic hydroxyl groups is 1. The number of nitrogens with one attached hydrogen (secondary N) is 1. The van der Waals surface area contributed by atoms with E-state index >= 15 is 0 Å². The lowest BCUT2D eigenvalue weighted by molar-refractivity contribution is -0.137. The minimum atomic E-state index is -4.55. The van der Waals surface area contributed by atoms with Crippen molar-refractivity contribution >= 4 is 11.6 Å². The normalized spacial score (nSPS) is 11.2. The van der Waals surface area contributed by atoms with Gasteiger partial charge >= 0.3 is 6.18 Å². The molecular formula is C15H12F3NO2. The molecular weight excluding hydrogens is 283 g/mol. The highest BCUT2D eigenvalue weighted by molar-refractivity contribution is 6.06. The van der Waals surface area contributed by atoms with Gasteiger partial charge in [-0.1, -0.05) is 18.2 Å². The number of amides is 1. The summed E-state index contributed by atoms with van der Waals surface area (Å²) in [5.41, 5.74) is -0.214. The van der Waals surface area contributed by atoms with E-state index in [0.29, 0.717) is 17.2 Å². The number of halogens is 3. The Kier molecular flexibility index (Phi) is 3.88. The monoisotopic (exact) mass is 295 g/mol. The number of phenols is 1. The van der Waals surface area contributed by atoms with Crippen molar-refractivity contribution in [1.29, 1.82) is 0 Å². The van der Waals surface area contributed by atoms with Crippen molar-refractivity contribution in [1.82, 2.24) is 0 Å². The van der Waals surface area contributed by atoms with Crippen molar-refractivity contribution in [3.05, 3.63) is 59.2 Å². The molecule has 0 heterocycles. The number of hydrogen-bond donors (Lipinski definition) is 2. The first-order valence-corrected chi connectivity index (χ1v) is 6.06. The summed E-state index contributed by atoms with van der Waals surface area (Å²) in [6.45, 7) is 1.71. The van der Waals surface area contributed by atoms with Crippen LogP contribution in [0.15, 0.2) is 42.5 Å². The summed E-state index contributed by atoms with van der Waals surface area (Å²) in [4.78, 5) is 12.0. The molecule has 0 spiro atoms. The van der Waals surface area contributed by atoms with E-state index in [1.54, 1.807) is 31.2 Å². The van der Waals surface area contributed by atoms with E-state index in [1.165, 1.54) is 0 Å². The fourth-order valence-corrected chi connectivity index (χ4v) is 1.83. The number of rotatable bonds is 2. The fourth-order valence-electron chi connectivity index (χ4n) is 1.83. The SMILES string of the molecule is Cc1ccccc1C(=O)Nc1cc(C(F)(F)F)ccc1O. The van der Waals surface area contributed by atoms with Crippen LogP contribution in [-0.2, 0) is 6.18 Å². The molecule has 0 atom stereocenters. The van der Waals surface area contributed by atoms with Gasteiger partial charge in [-0.25, -0.2) is 0 Å². The van der Waals surface area contributed by atoms with E-state index in [4.69, 9.17) is 0 Å². The molecule has 110 valence electrons. The Labute approximate surface area is 119 Å². The van der Waals surface area contributed by atoms with Crippen molar-refractivity contribution in [2.75, 3.05) is 5.32 Å². The first-order chi connectivity index (χ1) is 9.79. The van der Waals surface area contributed by atoms with Gasteiger partial charge in [-0.05, 0) is 36.8 Å². The highest BCUT2D eigenvalue weighted by Crippen LogP contribution is 2.34. The molecule has 0 unspecified atom stereocenters. The maximum Gasteiger partial charge on any atom is 0.416 e. The first-order valence-electron chi connectivity index (χ1n) is 6.06. The molecule has 0 aliphatic rings. The van der Waals surface area contributed by atoms with E-state index < -0.39 is 23.4 Å². The van der Waals surface area contributed by atoms with Crippen molar-refractivity contribution in [3.63, 3.8) is 0 Å². The van der Waals surface area contributed by atoms with E-state index in [0.717, 1.165) is 12.1 Å². The second-order valence-corrected chi connectivity index (χ2v) is 4.50. The van der Waals surface area contributed by atoms with Gasteiger partial charge in [0, 0.05) is 5.56 Å². The third kappa shape index (κ3) is 3.34. The average Bonchev–Trinajstić information content (AvgIpc) is 2.40. The topological polar surface area (TPSA) is 49.3 Å². The van der Waals surface area contributed by atoms with Crippen LogP contribution in [0.5, 0.6) is 5.75 Å². The summed E-state index contributed by atoms with van der Waals surface area (Å²) in [5, 5.41) is 11.9. The van der Waals surface area contributed by atoms with Crippen LogP contribution in [0.1, 0.15) is 21.5 Å². The van der Waals surface area contributed by atoms with Gasteiger partial charge in [-0.2, -0.15) is 13.2 Å². The zero-order valence-corrected chi connectivity index (χ0v) is 11.0. The summed E-state index contributed by atoms with van der Waals surface area (Å²) in [6, 6.07) is 9.00. The zero-order valence-electron chi connectivity index (χ0n) is 11.0. The molecule has 0 fully saturated rings. The van der Waals surface area contributed by atoms with Gasteiger partial charge in [0.15, 0.2) is 0 Å². The van der Waals surface area contributed by atoms with Crippen LogP contribution in [0.4, 0.5) is 18.9 Å². The molecule has 6 heteroatoms. The summed E-state index contributed by atoms with van der Waals surface area (Å²) >= 11 is 0. The average molecular weight is 295 g/mol. The Morgan fingerprint density at radius 2 is 1.81 bits per heavy atom. The van der Waals surface area contributed by atoms with Crippen LogP contribution in [0.2, 0.25) is 0 Å². The van der Waals surface area contributed by atoms with E-state index in [1.807, 2.05) is 0 Å². The third-order valence-corrected chi connectivity index (χ3v) is 2.96. The Balaban J connectivity index is 2.31. The summed E-state index contributed by atoms with van der Waals surface area (Å²) in [5.74, 6) is -1.01. The zero-order chi connectivity index (χ0) is 15.6. The highest BCUT2D eigenvalue weighted by Gasteiger charge is 2.31. The quantitative estimate of drug-likeness (QED) is 0.824. The van der Waals surface area contributed by atoms with Crippen molar-refractivity contribution in [2.24, 2.45) is 0 Å². The molecule has 0 radical (unpaired) electrons. The highest BCUT2D eigenvalue weighted by atomic mass is 19.4. The molecule has 0 bridgehead atoms. The minimum absolute atomic E-state index is 0.280. The predicted molar refractivity (Wildman–Crippen MR) is 72.2 cm³/mol. The van der Waals surface area contributed by atoms with Gasteiger partial charge in [0.05, 0.1) is 11.3 Å². The molecule has 21 heavy (non-hydrogen) atoms. The number of carbonyl (C=O) groups excluding carboxylic acids is 1. The number of alkyl halides is 3. The minimum Gasteiger partial charge on any atom is -0.506 e. The molecule has 0 aromatic heterocycles. The molecule has 0 saturated carbocycles. The Bertz CT molecular complexity index is 681. The van der Waals surface area contributed by atoms with E-state index in [9.17, 15) is 23.1 Å². The van der Waals surface area contributed by atoms with Gasteiger partial charge < -0.3 is 10.4 Å². The second kappa shape index (κ2) is 5.47. The standard InChI is InChI=1S/C15H12F3NO2/c1-9-4-2-3-5-11(9)14(21)19-12-8-10(15(16,17)18)6-7-13(12)20/h2-8,20H,1H3,(H,19,21). The third-order valence-electron chi connectivity index (χ3n) is 2.96. The van der Waals surface area contributed by atoms with Crippen molar-refractivity contribution in [2.45, 2.75) is 13.1 Å². The maximum absolute atomic E-state index is 12.6. The lowest BCUT2D eigenvalue weighted by Crippen LogP contribution is -2.14. The summed E-state index contributed by atoms with van der Waals surface area (Å²) in [6.07, 6.45) is -4.55. The number of benzene rings is 2. The number of carbonyl (C=O) groups is 1. The van der Waals surface area contributed by atoms with Gasteiger partial charge in [-0.15, -0.1) is 0 Å². The lowest BCUT2D eigenvalue weighted by Gasteiger charge is -2.12. The van der Waals surface area contributed by atoms with Crippen LogP contribution in [0, 0.1) is 6.92 Å². The number of aryl methyl sites for hydroxylation is 1. The van der Waals surface area contributed by atoms with Crippen LogP contribution in [-0.4, -0.2) is 11.0 Å². The summed E-state index contributed by atoms with van der Waals surface area (Å²) < 4.78 is 37.9. The van der Waals surface area contributed by atoms with E-state index in [2.05, 4.69) is 5.32 Å². The molecule has 1 amide bonds. The van der Waals surface area contributed by atoms with Gasteiger partial charge in [0.1, 0.15) is 5.75 Å². The molecule has 3 nitrogen and oxygen atoms in total. The Hall–Kier alpha value is -2.50. The van der Waals surface area contributed by atoms with Crippen molar-refractivity contribution < 1.29 is 23.1 Å². The molecule has 0 aliphatic carbocycles. The first kappa shape index (κ1) is 14.9. The fraction of sp³-hybridized carbons (Fsp3) is 0.133. The van der Waals surface area contributed by atoms with Gasteiger partial charge in [0.2, 0.25) is 0 Å². The van der Waals surface area contributed by atoms with Gasteiger partial charge in [-0.3, -0.25) is 4.79 Å². The molecule has 2 N–H and O–H groups in total. The van der Waals surface area contributed by atoms with Crippen LogP contribution < -0.4 is 5.32 Å². The molecule has 2 aromatic rings. The molecule has 0 aliphatic heterocycles. The lowest BCUT2D eigenvalue weighted by atomic mass is 10.1. The van der Waals surface area contributed by atoms with E-state index in [-0.39, 0.29) is 5.69 Å². The Morgan fingerprint density at radius 1 is 1.14 bits per heavy atom. The predicted octanol–water partition coefficient (Wildman–Crippen LogP) is 3.97. The van der Waals surface area contributed by atoms with Crippen LogP contribution >= 0.6 is 0 Å². The molecule has 0 saturated heterocycles. The number of anilines is 1. The molecule has 2 aromatic carbocycles. The molecule has 2 rings (SSSR count). The van der Waals surface area contributed by atoms with Crippen molar-refractivity contribution in [3.8, 4) is 5.75 Å². The van der Waals surface area contributed by atoms with Crippen LogP contribution in [0.3, 0.4) is 0 Å². The Morgan fingerprint density at radius 3 is 2.43 bits per heavy atom. The number of hydrogen-bond acceptors (Lipinski definition) is 2. The largest absolute Gasteiger partial charge is 0.506 e. The second-order valence-electron chi connectivity index (χ2n) is 4.50. The van der Waals surface area contributed by atoms with Crippen LogP contribution in [0.25, 0.3) is 0 Å². The maximum atomic E-state index is 12.6. The van der Waals surface area contributed by atoms with Gasteiger partial charge in [0.25, 0.3) is 5.91 Å². The number of phenolic OH excluding ortho intramolecular Hbond substituents is 1. The smallest absolute Gasteiger partial charge is 0.416 e.